The fourth-order valence-electron chi connectivity index (χ4n) is 1.47. The van der Waals surface area contributed by atoms with Gasteiger partial charge in [-0.2, -0.15) is 10.1 Å². The number of nitrogens with one attached hydrogen (secondary N) is 2. The third-order valence-electron chi connectivity index (χ3n) is 2.46. The van der Waals surface area contributed by atoms with Gasteiger partial charge in [-0.3, -0.25) is 0 Å². The highest BCUT2D eigenvalue weighted by atomic mass is 32.1. The van der Waals surface area contributed by atoms with E-state index >= 15 is 0 Å². The van der Waals surface area contributed by atoms with Gasteiger partial charge < -0.3 is 15.2 Å². The first kappa shape index (κ1) is 14.8. The lowest BCUT2D eigenvalue weighted by atomic mass is 10.3. The number of aromatic hydroxyl groups is 1. The minimum atomic E-state index is -0.680. The summed E-state index contributed by atoms with van der Waals surface area (Å²) in [5.74, 6) is -0.147. The number of para-hydroxylation sites is 1. The number of aromatic nitrogens is 1. The van der Waals surface area contributed by atoms with Gasteiger partial charge in [0.25, 0.3) is 0 Å². The Hall–Kier alpha value is -2.61. The summed E-state index contributed by atoms with van der Waals surface area (Å²) in [5, 5.41) is 17.3. The average Bonchev–Trinajstić information content (AvgIpc) is 2.86. The smallest absolute Gasteiger partial charge is 0.427 e. The molecular weight excluding hydrogens is 292 g/mol. The predicted molar refractivity (Wildman–Crippen MR) is 81.3 cm³/mol. The Kier molecular flexibility index (Phi) is 4.72. The maximum absolute atomic E-state index is 11.0. The van der Waals surface area contributed by atoms with Crippen LogP contribution in [0.3, 0.4) is 0 Å². The van der Waals surface area contributed by atoms with Crippen LogP contribution in [0, 0.1) is 0 Å². The third kappa shape index (κ3) is 3.93. The van der Waals surface area contributed by atoms with Crippen molar-refractivity contribution in [3.05, 3.63) is 35.2 Å². The molecule has 0 radical (unpaired) electrons. The Morgan fingerprint density at radius 2 is 2.10 bits per heavy atom. The summed E-state index contributed by atoms with van der Waals surface area (Å²) >= 11 is 1.23. The number of rotatable bonds is 4. The zero-order valence-corrected chi connectivity index (χ0v) is 12.3. The monoisotopic (exact) mass is 306 g/mol. The summed E-state index contributed by atoms with van der Waals surface area (Å²) in [4.78, 5) is 15.4. The Morgan fingerprint density at radius 3 is 2.76 bits per heavy atom. The van der Waals surface area contributed by atoms with E-state index in [2.05, 4.69) is 25.6 Å². The van der Waals surface area contributed by atoms with Gasteiger partial charge in [-0.05, 0) is 19.1 Å². The van der Waals surface area contributed by atoms with Crippen molar-refractivity contribution in [2.24, 2.45) is 5.10 Å². The van der Waals surface area contributed by atoms with E-state index < -0.39 is 6.09 Å². The largest absolute Gasteiger partial charge is 0.492 e. The average molecular weight is 306 g/mol. The van der Waals surface area contributed by atoms with Crippen LogP contribution in [0.5, 0.6) is 5.88 Å². The number of benzene rings is 1. The van der Waals surface area contributed by atoms with Gasteiger partial charge in [-0.25, -0.2) is 10.2 Å². The van der Waals surface area contributed by atoms with Crippen LogP contribution in [0.2, 0.25) is 0 Å². The fraction of sp³-hybridized carbons (Fsp3) is 0.154. The van der Waals surface area contributed by atoms with E-state index in [1.165, 1.54) is 18.4 Å². The molecule has 0 aliphatic carbocycles. The van der Waals surface area contributed by atoms with Crippen LogP contribution in [0.1, 0.15) is 11.8 Å². The lowest BCUT2D eigenvalue weighted by molar-refractivity contribution is 0.171. The van der Waals surface area contributed by atoms with E-state index in [4.69, 9.17) is 0 Å². The summed E-state index contributed by atoms with van der Waals surface area (Å²) < 4.78 is 4.41. The van der Waals surface area contributed by atoms with Gasteiger partial charge in [0.2, 0.25) is 5.88 Å². The molecule has 1 aromatic heterocycles. The van der Waals surface area contributed by atoms with E-state index in [1.807, 2.05) is 30.3 Å². The quantitative estimate of drug-likeness (QED) is 0.596. The highest BCUT2D eigenvalue weighted by molar-refractivity contribution is 7.18. The molecule has 7 nitrogen and oxygen atoms in total. The molecule has 0 saturated carbocycles. The molecule has 110 valence electrons. The highest BCUT2D eigenvalue weighted by Crippen LogP contribution is 2.30. The van der Waals surface area contributed by atoms with Crippen LogP contribution in [-0.4, -0.2) is 29.0 Å². The summed E-state index contributed by atoms with van der Waals surface area (Å²) in [6.07, 6.45) is -0.680. The standard InChI is InChI=1S/C13H14N4O3S/c1-8(16-17-13(19)20-2)10-11(18)15-12(21-10)14-9-6-4-3-5-7-9/h3-7,18H,1-2H3,(H,14,15)(H,17,19)/b16-8+. The summed E-state index contributed by atoms with van der Waals surface area (Å²) in [7, 11) is 1.24. The molecule has 0 atom stereocenters. The molecule has 0 saturated heterocycles. The highest BCUT2D eigenvalue weighted by Gasteiger charge is 2.13. The SMILES string of the molecule is COC(=O)N/N=C(\C)c1sc(Nc2ccccc2)nc1O. The third-order valence-corrected chi connectivity index (χ3v) is 3.53. The second-order valence-corrected chi connectivity index (χ2v) is 4.96. The molecule has 8 heteroatoms. The van der Waals surface area contributed by atoms with Crippen LogP contribution in [0.15, 0.2) is 35.4 Å². The number of amides is 1. The normalized spacial score (nSPS) is 11.0. The molecule has 0 fully saturated rings. The number of ether oxygens (including phenoxy) is 1. The second kappa shape index (κ2) is 6.71. The number of nitrogens with zero attached hydrogens (tertiary/aromatic N) is 2. The van der Waals surface area contributed by atoms with Crippen molar-refractivity contribution in [3.63, 3.8) is 0 Å². The van der Waals surface area contributed by atoms with E-state index in [0.717, 1.165) is 5.69 Å². The summed E-state index contributed by atoms with van der Waals surface area (Å²) in [5.41, 5.74) is 3.48. The number of hydrogen-bond donors (Lipinski definition) is 3. The molecule has 2 rings (SSSR count). The first-order valence-corrected chi connectivity index (χ1v) is 6.82. The first-order valence-electron chi connectivity index (χ1n) is 6.00. The number of hydrogen-bond acceptors (Lipinski definition) is 7. The summed E-state index contributed by atoms with van der Waals surface area (Å²) in [6, 6.07) is 9.47. The van der Waals surface area contributed by atoms with Gasteiger partial charge in [0.05, 0.1) is 12.8 Å². The van der Waals surface area contributed by atoms with Crippen LogP contribution in [-0.2, 0) is 4.74 Å². The zero-order valence-electron chi connectivity index (χ0n) is 11.5. The lowest BCUT2D eigenvalue weighted by Gasteiger charge is -2.00. The molecule has 3 N–H and O–H groups in total. The molecule has 1 heterocycles. The molecule has 0 aliphatic heterocycles. The number of carbonyl (C=O) groups is 1. The topological polar surface area (TPSA) is 95.8 Å². The minimum Gasteiger partial charge on any atom is -0.492 e. The number of anilines is 2. The molecule has 0 bridgehead atoms. The molecular formula is C13H14N4O3S. The molecule has 0 aliphatic rings. The maximum Gasteiger partial charge on any atom is 0.427 e. The predicted octanol–water partition coefficient (Wildman–Crippen LogP) is 2.67. The summed E-state index contributed by atoms with van der Waals surface area (Å²) in [6.45, 7) is 1.65. The molecule has 1 amide bonds. The maximum atomic E-state index is 11.0. The number of thiazole rings is 1. The fourth-order valence-corrected chi connectivity index (χ4v) is 2.30. The van der Waals surface area contributed by atoms with Gasteiger partial charge in [-0.1, -0.05) is 29.5 Å². The van der Waals surface area contributed by atoms with Crippen molar-refractivity contribution in [2.75, 3.05) is 12.4 Å². The molecule has 1 aromatic carbocycles. The molecule has 0 unspecified atom stereocenters. The number of methoxy groups -OCH3 is 1. The Morgan fingerprint density at radius 1 is 1.38 bits per heavy atom. The van der Waals surface area contributed by atoms with Gasteiger partial charge in [0, 0.05) is 5.69 Å². The Bertz CT molecular complexity index is 655. The van der Waals surface area contributed by atoms with E-state index in [0.29, 0.717) is 15.7 Å². The van der Waals surface area contributed by atoms with Gasteiger partial charge in [0.1, 0.15) is 4.88 Å². The van der Waals surface area contributed by atoms with Crippen molar-refractivity contribution < 1.29 is 14.6 Å². The first-order chi connectivity index (χ1) is 10.1. The van der Waals surface area contributed by atoms with Crippen LogP contribution in [0.25, 0.3) is 0 Å². The number of carbonyl (C=O) groups excluding carboxylic acids is 1. The van der Waals surface area contributed by atoms with E-state index in [1.54, 1.807) is 6.92 Å². The van der Waals surface area contributed by atoms with Crippen molar-refractivity contribution in [3.8, 4) is 5.88 Å². The molecule has 21 heavy (non-hydrogen) atoms. The van der Waals surface area contributed by atoms with Crippen LogP contribution < -0.4 is 10.7 Å². The van der Waals surface area contributed by atoms with Crippen molar-refractivity contribution >= 4 is 34.0 Å². The molecule has 2 aromatic rings. The van der Waals surface area contributed by atoms with E-state index in [-0.39, 0.29) is 5.88 Å². The van der Waals surface area contributed by atoms with Gasteiger partial charge in [0.15, 0.2) is 5.13 Å². The van der Waals surface area contributed by atoms with Crippen LogP contribution in [0.4, 0.5) is 15.6 Å². The minimum absolute atomic E-state index is 0.147. The van der Waals surface area contributed by atoms with Crippen molar-refractivity contribution in [1.82, 2.24) is 10.4 Å². The molecule has 0 spiro atoms. The van der Waals surface area contributed by atoms with Gasteiger partial charge in [-0.15, -0.1) is 0 Å². The Labute approximate surface area is 125 Å². The van der Waals surface area contributed by atoms with E-state index in [9.17, 15) is 9.90 Å². The second-order valence-electron chi connectivity index (χ2n) is 3.96. The van der Waals surface area contributed by atoms with Crippen molar-refractivity contribution in [2.45, 2.75) is 6.92 Å². The lowest BCUT2D eigenvalue weighted by Crippen LogP contribution is -2.18. The van der Waals surface area contributed by atoms with Gasteiger partial charge >= 0.3 is 6.09 Å². The Balaban J connectivity index is 2.13. The van der Waals surface area contributed by atoms with Crippen LogP contribution >= 0.6 is 11.3 Å². The van der Waals surface area contributed by atoms with Crippen molar-refractivity contribution in [1.29, 1.82) is 0 Å². The number of hydrazone groups is 1. The zero-order chi connectivity index (χ0) is 15.2.